The fourth-order valence-electron chi connectivity index (χ4n) is 1.53. The lowest BCUT2D eigenvalue weighted by Crippen LogP contribution is -2.28. The highest BCUT2D eigenvalue weighted by Crippen LogP contribution is 2.44. The minimum atomic E-state index is -0.108. The van der Waals surface area contributed by atoms with E-state index in [0.29, 0.717) is 0 Å². The third-order valence-corrected chi connectivity index (χ3v) is 3.75. The van der Waals surface area contributed by atoms with Gasteiger partial charge in [0.15, 0.2) is 0 Å². The van der Waals surface area contributed by atoms with Gasteiger partial charge in [0, 0.05) is 6.20 Å². The Morgan fingerprint density at radius 2 is 2.21 bits per heavy atom. The zero-order valence-corrected chi connectivity index (χ0v) is 9.75. The van der Waals surface area contributed by atoms with Crippen molar-refractivity contribution in [2.24, 2.45) is 0 Å². The molecule has 0 fully saturated rings. The van der Waals surface area contributed by atoms with Crippen LogP contribution in [0.2, 0.25) is 0 Å². The van der Waals surface area contributed by atoms with E-state index in [0.717, 1.165) is 4.36 Å². The van der Waals surface area contributed by atoms with Gasteiger partial charge in [0.05, 0.1) is 4.36 Å². The molecule has 1 aromatic rings. The molecule has 1 aromatic carbocycles. The number of hydrogen-bond acceptors (Lipinski definition) is 2. The van der Waals surface area contributed by atoms with E-state index in [1.54, 1.807) is 11.8 Å². The van der Waals surface area contributed by atoms with Gasteiger partial charge < -0.3 is 5.32 Å². The molecular formula is C11H12ClNS. The first kappa shape index (κ1) is 9.94. The molecule has 0 amide bonds. The maximum Gasteiger partial charge on any atom is 0.111 e. The van der Waals surface area contributed by atoms with Crippen LogP contribution in [-0.2, 0) is 4.87 Å². The molecule has 1 atom stereocenters. The lowest BCUT2D eigenvalue weighted by molar-refractivity contribution is 0.631. The second kappa shape index (κ2) is 3.52. The van der Waals surface area contributed by atoms with Gasteiger partial charge in [0.1, 0.15) is 4.87 Å². The van der Waals surface area contributed by atoms with Gasteiger partial charge in [-0.15, -0.1) is 0 Å². The molecule has 1 aliphatic rings. The highest BCUT2D eigenvalue weighted by molar-refractivity contribution is 8.05. The van der Waals surface area contributed by atoms with E-state index in [1.165, 1.54) is 11.1 Å². The maximum atomic E-state index is 5.95. The number of nitrogens with one attached hydrogen (secondary N) is 1. The first-order valence-electron chi connectivity index (χ1n) is 4.50. The zero-order chi connectivity index (χ0) is 10.2. The average Bonchev–Trinajstić information content (AvgIpc) is 2.48. The smallest absolute Gasteiger partial charge is 0.111 e. The molecule has 0 saturated heterocycles. The Bertz CT molecular complexity index is 389. The molecule has 1 unspecified atom stereocenters. The Hall–Kier alpha value is -0.600. The van der Waals surface area contributed by atoms with Crippen LogP contribution >= 0.6 is 23.4 Å². The highest BCUT2D eigenvalue weighted by Gasteiger charge is 2.31. The largest absolute Gasteiger partial charge is 0.371 e. The highest BCUT2D eigenvalue weighted by atomic mass is 35.5. The molecule has 2 rings (SSSR count). The van der Waals surface area contributed by atoms with Gasteiger partial charge in [-0.05, 0) is 19.4 Å². The van der Waals surface area contributed by atoms with E-state index in [-0.39, 0.29) is 4.87 Å². The minimum absolute atomic E-state index is 0.108. The van der Waals surface area contributed by atoms with E-state index in [9.17, 15) is 0 Å². The van der Waals surface area contributed by atoms with Crippen molar-refractivity contribution in [2.45, 2.75) is 18.7 Å². The lowest BCUT2D eigenvalue weighted by Gasteiger charge is -2.24. The summed E-state index contributed by atoms with van der Waals surface area (Å²) in [5.41, 5.74) is 2.53. The van der Waals surface area contributed by atoms with Crippen LogP contribution in [-0.4, -0.2) is 0 Å². The molecule has 74 valence electrons. The summed E-state index contributed by atoms with van der Waals surface area (Å²) in [6, 6.07) is 8.48. The number of benzene rings is 1. The van der Waals surface area contributed by atoms with Crippen LogP contribution in [0.1, 0.15) is 18.1 Å². The summed E-state index contributed by atoms with van der Waals surface area (Å²) in [6.07, 6.45) is 1.86. The van der Waals surface area contributed by atoms with Gasteiger partial charge in [-0.3, -0.25) is 0 Å². The Morgan fingerprint density at radius 1 is 1.43 bits per heavy atom. The Morgan fingerprint density at radius 3 is 2.79 bits per heavy atom. The van der Waals surface area contributed by atoms with Crippen molar-refractivity contribution in [2.75, 3.05) is 0 Å². The number of thioether (sulfide) groups is 1. The quantitative estimate of drug-likeness (QED) is 0.785. The average molecular weight is 226 g/mol. The Labute approximate surface area is 93.5 Å². The van der Waals surface area contributed by atoms with Crippen LogP contribution in [0.4, 0.5) is 0 Å². The molecule has 1 aliphatic heterocycles. The molecule has 1 N–H and O–H groups in total. The molecule has 0 aromatic heterocycles. The lowest BCUT2D eigenvalue weighted by atomic mass is 10.1. The Kier molecular flexibility index (Phi) is 2.50. The summed E-state index contributed by atoms with van der Waals surface area (Å²) in [6.45, 7) is 4.24. The van der Waals surface area contributed by atoms with Crippen molar-refractivity contribution in [3.63, 3.8) is 0 Å². The van der Waals surface area contributed by atoms with Crippen molar-refractivity contribution < 1.29 is 0 Å². The van der Waals surface area contributed by atoms with Gasteiger partial charge in [-0.2, -0.15) is 0 Å². The molecule has 0 spiro atoms. The van der Waals surface area contributed by atoms with E-state index in [4.69, 9.17) is 11.6 Å². The second-order valence-corrected chi connectivity index (χ2v) is 5.69. The van der Waals surface area contributed by atoms with Crippen LogP contribution in [0, 0.1) is 6.92 Å². The first-order valence-corrected chi connectivity index (χ1v) is 5.69. The number of rotatable bonds is 1. The van der Waals surface area contributed by atoms with Crippen molar-refractivity contribution in [3.8, 4) is 0 Å². The third kappa shape index (κ3) is 1.77. The summed E-state index contributed by atoms with van der Waals surface area (Å²) in [4.78, 5) is -0.108. The van der Waals surface area contributed by atoms with Crippen molar-refractivity contribution in [1.29, 1.82) is 0 Å². The fraction of sp³-hybridized carbons (Fsp3) is 0.273. The van der Waals surface area contributed by atoms with E-state index in [2.05, 4.69) is 43.4 Å². The molecule has 0 radical (unpaired) electrons. The van der Waals surface area contributed by atoms with Crippen molar-refractivity contribution >= 4 is 23.4 Å². The van der Waals surface area contributed by atoms with E-state index in [1.807, 2.05) is 6.20 Å². The van der Waals surface area contributed by atoms with Gasteiger partial charge in [0.2, 0.25) is 0 Å². The molecule has 1 nitrogen and oxygen atoms in total. The summed E-state index contributed by atoms with van der Waals surface area (Å²) < 4.78 is 0.814. The third-order valence-electron chi connectivity index (χ3n) is 2.33. The minimum Gasteiger partial charge on any atom is -0.371 e. The molecule has 1 heterocycles. The standard InChI is InChI=1S/C11H12ClNS/c1-8-4-3-5-9(6-8)11(2)13-7-10(12)14-11/h3-7,13H,1-2H3. The van der Waals surface area contributed by atoms with Gasteiger partial charge >= 0.3 is 0 Å². The second-order valence-electron chi connectivity index (χ2n) is 3.60. The summed E-state index contributed by atoms with van der Waals surface area (Å²) in [5.74, 6) is 0. The predicted molar refractivity (Wildman–Crippen MR) is 63.2 cm³/mol. The number of hydrogen-bond donors (Lipinski definition) is 1. The first-order chi connectivity index (χ1) is 6.60. The summed E-state index contributed by atoms with van der Waals surface area (Å²) >= 11 is 7.59. The van der Waals surface area contributed by atoms with Crippen LogP contribution < -0.4 is 5.32 Å². The molecular weight excluding hydrogens is 214 g/mol. The molecule has 3 heteroatoms. The van der Waals surface area contributed by atoms with Gasteiger partial charge in [0.25, 0.3) is 0 Å². The van der Waals surface area contributed by atoms with Crippen LogP contribution in [0.15, 0.2) is 34.8 Å². The summed E-state index contributed by atoms with van der Waals surface area (Å²) in [5, 5.41) is 3.30. The van der Waals surface area contributed by atoms with Gasteiger partial charge in [-0.1, -0.05) is 53.2 Å². The van der Waals surface area contributed by atoms with Crippen LogP contribution in [0.3, 0.4) is 0 Å². The van der Waals surface area contributed by atoms with Crippen LogP contribution in [0.5, 0.6) is 0 Å². The number of aryl methyl sites for hydroxylation is 1. The number of halogens is 1. The fourth-order valence-corrected chi connectivity index (χ4v) is 2.92. The maximum absolute atomic E-state index is 5.95. The van der Waals surface area contributed by atoms with E-state index < -0.39 is 0 Å². The molecule has 0 bridgehead atoms. The predicted octanol–water partition coefficient (Wildman–Crippen LogP) is 3.54. The topological polar surface area (TPSA) is 12.0 Å². The zero-order valence-electron chi connectivity index (χ0n) is 8.17. The van der Waals surface area contributed by atoms with Crippen molar-refractivity contribution in [1.82, 2.24) is 5.32 Å². The SMILES string of the molecule is Cc1cccc(C2(C)NC=C(Cl)S2)c1. The van der Waals surface area contributed by atoms with Crippen molar-refractivity contribution in [3.05, 3.63) is 46.0 Å². The van der Waals surface area contributed by atoms with Gasteiger partial charge in [-0.25, -0.2) is 0 Å². The molecule has 0 aliphatic carbocycles. The van der Waals surface area contributed by atoms with E-state index >= 15 is 0 Å². The van der Waals surface area contributed by atoms with Crippen LogP contribution in [0.25, 0.3) is 0 Å². The Balaban J connectivity index is 2.32. The summed E-state index contributed by atoms with van der Waals surface area (Å²) in [7, 11) is 0. The normalized spacial score (nSPS) is 25.8. The molecule has 14 heavy (non-hydrogen) atoms. The monoisotopic (exact) mass is 225 g/mol. The molecule has 0 saturated carbocycles.